The van der Waals surface area contributed by atoms with Gasteiger partial charge in [-0.15, -0.1) is 0 Å². The van der Waals surface area contributed by atoms with Crippen molar-refractivity contribution in [2.24, 2.45) is 4.99 Å². The van der Waals surface area contributed by atoms with Gasteiger partial charge in [0.15, 0.2) is 0 Å². The van der Waals surface area contributed by atoms with Crippen molar-refractivity contribution >= 4 is 11.8 Å². The van der Waals surface area contributed by atoms with Crippen molar-refractivity contribution < 1.29 is 9.53 Å². The van der Waals surface area contributed by atoms with Crippen LogP contribution in [0.4, 0.5) is 5.69 Å². The van der Waals surface area contributed by atoms with Gasteiger partial charge in [0, 0.05) is 13.1 Å². The van der Waals surface area contributed by atoms with E-state index in [1.807, 2.05) is 18.2 Å². The Balaban J connectivity index is 0.000000162. The van der Waals surface area contributed by atoms with E-state index < -0.39 is 0 Å². The van der Waals surface area contributed by atoms with Crippen molar-refractivity contribution in [3.63, 3.8) is 0 Å². The van der Waals surface area contributed by atoms with Gasteiger partial charge in [-0.3, -0.25) is 0 Å². The van der Waals surface area contributed by atoms with Crippen LogP contribution in [0, 0.1) is 0 Å². The first-order valence-electron chi connectivity index (χ1n) is 4.85. The van der Waals surface area contributed by atoms with Crippen LogP contribution in [0.15, 0.2) is 35.3 Å². The third-order valence-electron chi connectivity index (χ3n) is 1.78. The fourth-order valence-corrected chi connectivity index (χ4v) is 1.07. The molecule has 15 heavy (non-hydrogen) atoms. The minimum atomic E-state index is 0.646. The molecule has 4 nitrogen and oxygen atoms in total. The van der Waals surface area contributed by atoms with Crippen molar-refractivity contribution in [3.8, 4) is 0 Å². The number of para-hydroxylation sites is 1. The third-order valence-corrected chi connectivity index (χ3v) is 1.78. The summed E-state index contributed by atoms with van der Waals surface area (Å²) in [5, 5.41) is 3.16. The SMILES string of the molecule is C1COCCN1.O=C=Nc1ccccc1. The molecule has 1 N–H and O–H groups in total. The molecule has 1 aliphatic heterocycles. The predicted molar refractivity (Wildman–Crippen MR) is 57.9 cm³/mol. The third kappa shape index (κ3) is 5.75. The smallest absolute Gasteiger partial charge is 0.240 e. The largest absolute Gasteiger partial charge is 0.379 e. The fraction of sp³-hybridized carbons (Fsp3) is 0.364. The molecule has 1 fully saturated rings. The normalized spacial score (nSPS) is 14.4. The monoisotopic (exact) mass is 206 g/mol. The topological polar surface area (TPSA) is 50.7 Å². The summed E-state index contributed by atoms with van der Waals surface area (Å²) in [6.45, 7) is 3.83. The van der Waals surface area contributed by atoms with Crippen LogP contribution in [0.1, 0.15) is 0 Å². The molecule has 0 atom stereocenters. The molecular formula is C11H14N2O2. The van der Waals surface area contributed by atoms with Gasteiger partial charge in [0.1, 0.15) is 0 Å². The second-order valence-corrected chi connectivity index (χ2v) is 2.90. The molecule has 0 radical (unpaired) electrons. The zero-order chi connectivity index (χ0) is 10.8. The van der Waals surface area contributed by atoms with Crippen molar-refractivity contribution in [3.05, 3.63) is 30.3 Å². The van der Waals surface area contributed by atoms with Crippen LogP contribution in [-0.4, -0.2) is 32.4 Å². The Morgan fingerprint density at radius 3 is 2.27 bits per heavy atom. The molecule has 0 amide bonds. The molecule has 0 aliphatic carbocycles. The van der Waals surface area contributed by atoms with E-state index in [9.17, 15) is 4.79 Å². The van der Waals surface area contributed by atoms with Crippen LogP contribution in [0.2, 0.25) is 0 Å². The van der Waals surface area contributed by atoms with E-state index in [4.69, 9.17) is 4.74 Å². The fourth-order valence-electron chi connectivity index (χ4n) is 1.07. The van der Waals surface area contributed by atoms with Gasteiger partial charge in [0.2, 0.25) is 6.08 Å². The molecule has 80 valence electrons. The van der Waals surface area contributed by atoms with Gasteiger partial charge in [0.05, 0.1) is 18.9 Å². The molecule has 1 aromatic carbocycles. The number of aliphatic imine (C=N–C) groups is 1. The van der Waals surface area contributed by atoms with Crippen molar-refractivity contribution in [2.45, 2.75) is 0 Å². The number of carbonyl (C=O) groups excluding carboxylic acids is 1. The van der Waals surface area contributed by atoms with Crippen molar-refractivity contribution in [2.75, 3.05) is 26.3 Å². The van der Waals surface area contributed by atoms with Gasteiger partial charge in [-0.25, -0.2) is 4.79 Å². The highest BCUT2D eigenvalue weighted by Crippen LogP contribution is 2.06. The summed E-state index contributed by atoms with van der Waals surface area (Å²) < 4.78 is 5.01. The Kier molecular flexibility index (Phi) is 6.09. The Labute approximate surface area is 89.0 Å². The molecular weight excluding hydrogens is 192 g/mol. The van der Waals surface area contributed by atoms with Gasteiger partial charge < -0.3 is 10.1 Å². The highest BCUT2D eigenvalue weighted by Gasteiger charge is 1.92. The van der Waals surface area contributed by atoms with E-state index in [2.05, 4.69) is 10.3 Å². The summed E-state index contributed by atoms with van der Waals surface area (Å²) in [5.74, 6) is 0. The molecule has 0 saturated carbocycles. The van der Waals surface area contributed by atoms with Gasteiger partial charge >= 0.3 is 0 Å². The number of morpholine rings is 1. The number of isocyanates is 1. The van der Waals surface area contributed by atoms with Crippen molar-refractivity contribution in [1.82, 2.24) is 5.32 Å². The van der Waals surface area contributed by atoms with E-state index in [0.717, 1.165) is 26.3 Å². The first-order valence-corrected chi connectivity index (χ1v) is 4.85. The second kappa shape index (κ2) is 7.88. The first kappa shape index (κ1) is 11.6. The first-order chi connectivity index (χ1) is 7.43. The molecule has 0 aromatic heterocycles. The van der Waals surface area contributed by atoms with Gasteiger partial charge in [-0.1, -0.05) is 18.2 Å². The van der Waals surface area contributed by atoms with Crippen LogP contribution in [0.5, 0.6) is 0 Å². The average molecular weight is 206 g/mol. The minimum Gasteiger partial charge on any atom is -0.379 e. The summed E-state index contributed by atoms with van der Waals surface area (Å²) in [4.78, 5) is 13.1. The molecule has 1 aromatic rings. The Morgan fingerprint density at radius 1 is 1.20 bits per heavy atom. The molecule has 1 saturated heterocycles. The lowest BCUT2D eigenvalue weighted by molar-refractivity contribution is 0.109. The van der Waals surface area contributed by atoms with Crippen molar-refractivity contribution in [1.29, 1.82) is 0 Å². The van der Waals surface area contributed by atoms with Gasteiger partial charge in [-0.05, 0) is 12.1 Å². The molecule has 0 unspecified atom stereocenters. The zero-order valence-corrected chi connectivity index (χ0v) is 8.48. The number of hydrogen-bond donors (Lipinski definition) is 1. The van der Waals surface area contributed by atoms with Crippen LogP contribution < -0.4 is 5.32 Å². The molecule has 2 rings (SSSR count). The highest BCUT2D eigenvalue weighted by molar-refractivity contribution is 5.47. The lowest BCUT2D eigenvalue weighted by Gasteiger charge is -2.10. The lowest BCUT2D eigenvalue weighted by Crippen LogP contribution is -2.30. The number of hydrogen-bond acceptors (Lipinski definition) is 4. The van der Waals surface area contributed by atoms with Gasteiger partial charge in [0.25, 0.3) is 0 Å². The van der Waals surface area contributed by atoms with E-state index in [-0.39, 0.29) is 0 Å². The standard InChI is InChI=1S/C7H5NO.C4H9NO/c9-6-8-7-4-2-1-3-5-7;1-3-6-4-2-5-1/h1-5H;5H,1-4H2. The maximum Gasteiger partial charge on any atom is 0.240 e. The quantitative estimate of drug-likeness (QED) is 0.556. The lowest BCUT2D eigenvalue weighted by atomic mass is 10.3. The van der Waals surface area contributed by atoms with Crippen LogP contribution in [0.25, 0.3) is 0 Å². The van der Waals surface area contributed by atoms with E-state index in [1.165, 1.54) is 6.08 Å². The number of ether oxygens (including phenoxy) is 1. The van der Waals surface area contributed by atoms with E-state index in [0.29, 0.717) is 5.69 Å². The van der Waals surface area contributed by atoms with Crippen LogP contribution in [0.3, 0.4) is 0 Å². The summed E-state index contributed by atoms with van der Waals surface area (Å²) in [6.07, 6.45) is 1.46. The molecule has 0 spiro atoms. The Morgan fingerprint density at radius 2 is 1.87 bits per heavy atom. The van der Waals surface area contributed by atoms with E-state index in [1.54, 1.807) is 12.1 Å². The maximum absolute atomic E-state index is 9.68. The number of benzene rings is 1. The van der Waals surface area contributed by atoms with Gasteiger partial charge in [-0.2, -0.15) is 4.99 Å². The minimum absolute atomic E-state index is 0.646. The Hall–Kier alpha value is -1.48. The molecule has 1 heterocycles. The number of rotatable bonds is 1. The Bertz CT molecular complexity index is 292. The van der Waals surface area contributed by atoms with E-state index >= 15 is 0 Å². The second-order valence-electron chi connectivity index (χ2n) is 2.90. The summed E-state index contributed by atoms with van der Waals surface area (Å²) in [7, 11) is 0. The molecule has 0 bridgehead atoms. The summed E-state index contributed by atoms with van der Waals surface area (Å²) in [6, 6.07) is 8.98. The number of nitrogens with one attached hydrogen (secondary N) is 1. The zero-order valence-electron chi connectivity index (χ0n) is 8.48. The number of nitrogens with zero attached hydrogens (tertiary/aromatic N) is 1. The summed E-state index contributed by atoms with van der Waals surface area (Å²) in [5.41, 5.74) is 0.646. The summed E-state index contributed by atoms with van der Waals surface area (Å²) >= 11 is 0. The average Bonchev–Trinajstić information content (AvgIpc) is 2.34. The highest BCUT2D eigenvalue weighted by atomic mass is 16.5. The van der Waals surface area contributed by atoms with Crippen LogP contribution in [-0.2, 0) is 9.53 Å². The molecule has 1 aliphatic rings. The predicted octanol–water partition coefficient (Wildman–Crippen LogP) is 1.26. The maximum atomic E-state index is 9.68. The van der Waals surface area contributed by atoms with Crippen LogP contribution >= 0.6 is 0 Å². The molecule has 4 heteroatoms.